The van der Waals surface area contributed by atoms with Crippen molar-refractivity contribution < 1.29 is 9.90 Å². The molecular formula is C15H27N3O2. The van der Waals surface area contributed by atoms with Crippen LogP contribution in [-0.4, -0.2) is 33.9 Å². The highest BCUT2D eigenvalue weighted by atomic mass is 16.3. The van der Waals surface area contributed by atoms with E-state index in [0.717, 1.165) is 25.0 Å². The third kappa shape index (κ3) is 3.82. The molecule has 0 fully saturated rings. The zero-order valence-electron chi connectivity index (χ0n) is 13.1. The molecule has 0 aliphatic carbocycles. The van der Waals surface area contributed by atoms with Gasteiger partial charge in [-0.05, 0) is 31.1 Å². The summed E-state index contributed by atoms with van der Waals surface area (Å²) in [5.74, 6) is -0.0702. The maximum Gasteiger partial charge on any atom is 0.254 e. The molecule has 0 atom stereocenters. The minimum absolute atomic E-state index is 0.0149. The van der Waals surface area contributed by atoms with Gasteiger partial charge in [-0.3, -0.25) is 9.48 Å². The summed E-state index contributed by atoms with van der Waals surface area (Å²) in [7, 11) is 1.82. The van der Waals surface area contributed by atoms with E-state index in [1.54, 1.807) is 10.9 Å². The predicted molar refractivity (Wildman–Crippen MR) is 79.6 cm³/mol. The maximum atomic E-state index is 12.3. The van der Waals surface area contributed by atoms with Gasteiger partial charge in [0.05, 0.1) is 11.3 Å². The van der Waals surface area contributed by atoms with Gasteiger partial charge in [-0.1, -0.05) is 20.8 Å². The van der Waals surface area contributed by atoms with Gasteiger partial charge < -0.3 is 10.4 Å². The van der Waals surface area contributed by atoms with Crippen LogP contribution in [0.1, 0.15) is 56.1 Å². The number of aromatic nitrogens is 2. The van der Waals surface area contributed by atoms with Crippen LogP contribution >= 0.6 is 0 Å². The van der Waals surface area contributed by atoms with E-state index in [4.69, 9.17) is 0 Å². The minimum atomic E-state index is -0.0702. The van der Waals surface area contributed by atoms with Gasteiger partial charge in [-0.2, -0.15) is 5.10 Å². The van der Waals surface area contributed by atoms with E-state index in [2.05, 4.69) is 24.3 Å². The lowest BCUT2D eigenvalue weighted by atomic mass is 9.79. The Morgan fingerprint density at radius 1 is 1.40 bits per heavy atom. The highest BCUT2D eigenvalue weighted by molar-refractivity contribution is 5.95. The van der Waals surface area contributed by atoms with Crippen molar-refractivity contribution in [3.63, 3.8) is 0 Å². The van der Waals surface area contributed by atoms with E-state index < -0.39 is 0 Å². The van der Waals surface area contributed by atoms with Crippen molar-refractivity contribution in [3.05, 3.63) is 17.5 Å². The Kier molecular flexibility index (Phi) is 6.20. The second kappa shape index (κ2) is 7.43. The first-order chi connectivity index (χ1) is 9.51. The number of rotatable bonds is 8. The van der Waals surface area contributed by atoms with Crippen LogP contribution in [0.2, 0.25) is 0 Å². The molecule has 5 nitrogen and oxygen atoms in total. The smallest absolute Gasteiger partial charge is 0.254 e. The first-order valence-electron chi connectivity index (χ1n) is 7.43. The lowest BCUT2D eigenvalue weighted by Crippen LogP contribution is -2.37. The summed E-state index contributed by atoms with van der Waals surface area (Å²) in [5.41, 5.74) is 1.46. The van der Waals surface area contributed by atoms with Gasteiger partial charge in [-0.15, -0.1) is 0 Å². The lowest BCUT2D eigenvalue weighted by molar-refractivity contribution is 0.0906. The number of hydrogen-bond donors (Lipinski definition) is 2. The fraction of sp³-hybridized carbons (Fsp3) is 0.733. The number of aliphatic hydroxyl groups excluding tert-OH is 1. The van der Waals surface area contributed by atoms with Crippen LogP contribution in [-0.2, 0) is 13.5 Å². The molecule has 1 amide bonds. The zero-order valence-corrected chi connectivity index (χ0v) is 13.1. The summed E-state index contributed by atoms with van der Waals surface area (Å²) in [6.45, 7) is 6.95. The second-order valence-corrected chi connectivity index (χ2v) is 5.38. The quantitative estimate of drug-likeness (QED) is 0.765. The largest absolute Gasteiger partial charge is 0.396 e. The molecule has 0 aliphatic heterocycles. The molecule has 114 valence electrons. The molecule has 0 bridgehead atoms. The van der Waals surface area contributed by atoms with E-state index in [1.165, 1.54) is 0 Å². The van der Waals surface area contributed by atoms with E-state index in [1.807, 2.05) is 14.0 Å². The normalized spacial score (nSPS) is 11.7. The number of carbonyl (C=O) groups excluding carboxylic acids is 1. The molecule has 0 saturated carbocycles. The Balaban J connectivity index is 2.74. The molecule has 1 heterocycles. The molecule has 1 rings (SSSR count). The lowest BCUT2D eigenvalue weighted by Gasteiger charge is -2.31. The zero-order chi connectivity index (χ0) is 15.2. The first kappa shape index (κ1) is 16.7. The fourth-order valence-corrected chi connectivity index (χ4v) is 2.53. The monoisotopic (exact) mass is 281 g/mol. The average Bonchev–Trinajstić information content (AvgIpc) is 2.84. The van der Waals surface area contributed by atoms with E-state index in [9.17, 15) is 9.90 Å². The number of aryl methyl sites for hydroxylation is 2. The van der Waals surface area contributed by atoms with Crippen LogP contribution in [0.4, 0.5) is 0 Å². The summed E-state index contributed by atoms with van der Waals surface area (Å²) in [4.78, 5) is 12.3. The predicted octanol–water partition coefficient (Wildman–Crippen LogP) is 1.90. The van der Waals surface area contributed by atoms with Gasteiger partial charge in [0.15, 0.2) is 0 Å². The molecule has 0 aromatic carbocycles. The van der Waals surface area contributed by atoms with Gasteiger partial charge in [0.25, 0.3) is 5.91 Å². The highest BCUT2D eigenvalue weighted by Crippen LogP contribution is 2.29. The Bertz CT molecular complexity index is 436. The number of hydrogen-bond acceptors (Lipinski definition) is 3. The van der Waals surface area contributed by atoms with Crippen molar-refractivity contribution in [2.75, 3.05) is 13.2 Å². The van der Waals surface area contributed by atoms with Crippen LogP contribution in [0.5, 0.6) is 0 Å². The van der Waals surface area contributed by atoms with E-state index >= 15 is 0 Å². The van der Waals surface area contributed by atoms with Gasteiger partial charge in [0.2, 0.25) is 0 Å². The van der Waals surface area contributed by atoms with E-state index in [-0.39, 0.29) is 17.9 Å². The van der Waals surface area contributed by atoms with Gasteiger partial charge in [0, 0.05) is 26.4 Å². The Morgan fingerprint density at radius 3 is 2.55 bits per heavy atom. The molecule has 5 heteroatoms. The molecule has 20 heavy (non-hydrogen) atoms. The Labute approximate surface area is 121 Å². The molecule has 0 spiro atoms. The molecule has 0 unspecified atom stereocenters. The standard InChI is InChI=1S/C15H27N3O2/c1-5-13-12(10-18(4)17-13)14(20)16-11-15(6-2,7-3)8-9-19/h10,19H,5-9,11H2,1-4H3,(H,16,20). The molecular weight excluding hydrogens is 254 g/mol. The summed E-state index contributed by atoms with van der Waals surface area (Å²) in [5, 5.41) is 16.5. The fourth-order valence-electron chi connectivity index (χ4n) is 2.53. The van der Waals surface area contributed by atoms with Crippen LogP contribution in [0, 0.1) is 5.41 Å². The molecule has 1 aromatic heterocycles. The van der Waals surface area contributed by atoms with Crippen molar-refractivity contribution in [2.45, 2.75) is 46.5 Å². The average molecular weight is 281 g/mol. The van der Waals surface area contributed by atoms with E-state index in [0.29, 0.717) is 18.5 Å². The highest BCUT2D eigenvalue weighted by Gasteiger charge is 2.27. The molecule has 0 saturated heterocycles. The van der Waals surface area contributed by atoms with Crippen molar-refractivity contribution in [3.8, 4) is 0 Å². The Hall–Kier alpha value is -1.36. The topological polar surface area (TPSA) is 67.2 Å². The van der Waals surface area contributed by atoms with Crippen LogP contribution in [0.3, 0.4) is 0 Å². The summed E-state index contributed by atoms with van der Waals surface area (Å²) >= 11 is 0. The van der Waals surface area contributed by atoms with Crippen molar-refractivity contribution in [1.29, 1.82) is 0 Å². The number of aliphatic hydroxyl groups is 1. The maximum absolute atomic E-state index is 12.3. The van der Waals surface area contributed by atoms with Crippen molar-refractivity contribution in [2.24, 2.45) is 12.5 Å². The minimum Gasteiger partial charge on any atom is -0.396 e. The molecule has 0 radical (unpaired) electrons. The second-order valence-electron chi connectivity index (χ2n) is 5.38. The van der Waals surface area contributed by atoms with Crippen LogP contribution in [0.15, 0.2) is 6.20 Å². The number of nitrogens with one attached hydrogen (secondary N) is 1. The van der Waals surface area contributed by atoms with Crippen LogP contribution in [0.25, 0.3) is 0 Å². The number of nitrogens with zero attached hydrogens (tertiary/aromatic N) is 2. The molecule has 2 N–H and O–H groups in total. The third-order valence-electron chi connectivity index (χ3n) is 4.25. The van der Waals surface area contributed by atoms with Crippen molar-refractivity contribution >= 4 is 5.91 Å². The van der Waals surface area contributed by atoms with Gasteiger partial charge >= 0.3 is 0 Å². The summed E-state index contributed by atoms with van der Waals surface area (Å²) in [6, 6.07) is 0. The third-order valence-corrected chi connectivity index (χ3v) is 4.25. The summed E-state index contributed by atoms with van der Waals surface area (Å²) < 4.78 is 1.67. The van der Waals surface area contributed by atoms with Crippen LogP contribution < -0.4 is 5.32 Å². The van der Waals surface area contributed by atoms with Gasteiger partial charge in [0.1, 0.15) is 0 Å². The van der Waals surface area contributed by atoms with Gasteiger partial charge in [-0.25, -0.2) is 0 Å². The number of carbonyl (C=O) groups is 1. The molecule has 1 aromatic rings. The SMILES string of the molecule is CCc1nn(C)cc1C(=O)NCC(CC)(CC)CCO. The number of amides is 1. The Morgan fingerprint density at radius 2 is 2.05 bits per heavy atom. The molecule has 0 aliphatic rings. The first-order valence-corrected chi connectivity index (χ1v) is 7.43. The van der Waals surface area contributed by atoms with Crippen molar-refractivity contribution in [1.82, 2.24) is 15.1 Å². The summed E-state index contributed by atoms with van der Waals surface area (Å²) in [6.07, 6.45) is 5.11.